The molecule has 1 aromatic rings. The summed E-state index contributed by atoms with van der Waals surface area (Å²) >= 11 is 0. The predicted octanol–water partition coefficient (Wildman–Crippen LogP) is 5.17. The molecule has 0 bridgehead atoms. The molecule has 0 saturated carbocycles. The summed E-state index contributed by atoms with van der Waals surface area (Å²) in [5.41, 5.74) is 1.42. The van der Waals surface area contributed by atoms with Gasteiger partial charge in [0.2, 0.25) is 0 Å². The van der Waals surface area contributed by atoms with E-state index >= 15 is 0 Å². The summed E-state index contributed by atoms with van der Waals surface area (Å²) in [6, 6.07) is 5.53. The van der Waals surface area contributed by atoms with Gasteiger partial charge in [-0.05, 0) is 38.3 Å². The number of ketones is 1. The van der Waals surface area contributed by atoms with Gasteiger partial charge < -0.3 is 9.53 Å². The highest BCUT2D eigenvalue weighted by Gasteiger charge is 2.11. The van der Waals surface area contributed by atoms with E-state index in [1.807, 2.05) is 24.3 Å². The van der Waals surface area contributed by atoms with Crippen molar-refractivity contribution in [2.24, 2.45) is 0 Å². The number of aromatic nitrogens is 1. The molecule has 0 unspecified atom stereocenters. The number of hydrogen-bond donors (Lipinski definition) is 0. The van der Waals surface area contributed by atoms with Crippen LogP contribution in [0.3, 0.4) is 0 Å². The lowest BCUT2D eigenvalue weighted by molar-refractivity contribution is -0.140. The van der Waals surface area contributed by atoms with Gasteiger partial charge in [-0.2, -0.15) is 0 Å². The number of esters is 1. The molecule has 0 spiro atoms. The van der Waals surface area contributed by atoms with Crippen LogP contribution in [0.2, 0.25) is 0 Å². The van der Waals surface area contributed by atoms with Gasteiger partial charge in [0.05, 0.1) is 5.69 Å². The molecule has 138 valence electrons. The summed E-state index contributed by atoms with van der Waals surface area (Å²) in [6.07, 6.45) is 12.4. The maximum atomic E-state index is 12.4. The molecule has 0 N–H and O–H groups in total. The zero-order chi connectivity index (χ0) is 18.3. The van der Waals surface area contributed by atoms with Crippen LogP contribution in [0.15, 0.2) is 36.0 Å². The zero-order valence-electron chi connectivity index (χ0n) is 15.6. The van der Waals surface area contributed by atoms with Gasteiger partial charge in [-0.1, -0.05) is 51.2 Å². The highest BCUT2D eigenvalue weighted by Crippen LogP contribution is 2.15. The summed E-state index contributed by atoms with van der Waals surface area (Å²) < 4.78 is 5.39. The third-order valence-electron chi connectivity index (χ3n) is 4.03. The monoisotopic (exact) mass is 345 g/mol. The number of carbonyl (C=O) groups is 2. The second kappa shape index (κ2) is 13.3. The van der Waals surface area contributed by atoms with E-state index in [0.717, 1.165) is 18.5 Å². The molecule has 25 heavy (non-hydrogen) atoms. The second-order valence-corrected chi connectivity index (χ2v) is 6.39. The molecule has 0 radical (unpaired) electrons. The SMILES string of the molecule is CCCCCCCC/C(=C\CCC(C)=O)C(=O)OCc1ccccn1. The number of unbranched alkanes of at least 4 members (excludes halogenated alkanes) is 5. The topological polar surface area (TPSA) is 56.3 Å². The van der Waals surface area contributed by atoms with Crippen LogP contribution in [-0.2, 0) is 20.9 Å². The van der Waals surface area contributed by atoms with Crippen molar-refractivity contribution >= 4 is 11.8 Å². The van der Waals surface area contributed by atoms with Gasteiger partial charge in [0.25, 0.3) is 0 Å². The first-order valence-corrected chi connectivity index (χ1v) is 9.39. The summed E-state index contributed by atoms with van der Waals surface area (Å²) in [7, 11) is 0. The van der Waals surface area contributed by atoms with Gasteiger partial charge in [-0.3, -0.25) is 4.98 Å². The van der Waals surface area contributed by atoms with Gasteiger partial charge in [0.15, 0.2) is 0 Å². The number of rotatable bonds is 13. The summed E-state index contributed by atoms with van der Waals surface area (Å²) in [6.45, 7) is 3.95. The van der Waals surface area contributed by atoms with E-state index in [1.165, 1.54) is 25.7 Å². The maximum absolute atomic E-state index is 12.4. The average molecular weight is 345 g/mol. The molecule has 0 amide bonds. The molecule has 4 nitrogen and oxygen atoms in total. The van der Waals surface area contributed by atoms with E-state index in [-0.39, 0.29) is 18.4 Å². The fourth-order valence-corrected chi connectivity index (χ4v) is 2.55. The van der Waals surface area contributed by atoms with Crippen molar-refractivity contribution in [3.8, 4) is 0 Å². The summed E-state index contributed by atoms with van der Waals surface area (Å²) in [5.74, 6) is -0.153. The largest absolute Gasteiger partial charge is 0.456 e. The minimum Gasteiger partial charge on any atom is -0.456 e. The van der Waals surface area contributed by atoms with Gasteiger partial charge in [-0.25, -0.2) is 4.79 Å². The Labute approximate surface area is 151 Å². The number of pyridine rings is 1. The third-order valence-corrected chi connectivity index (χ3v) is 4.03. The smallest absolute Gasteiger partial charge is 0.334 e. The molecule has 0 atom stereocenters. The first kappa shape index (κ1) is 21.1. The molecule has 0 aliphatic carbocycles. The van der Waals surface area contributed by atoms with E-state index in [4.69, 9.17) is 4.74 Å². The molecule has 0 aliphatic rings. The Morgan fingerprint density at radius 1 is 1.08 bits per heavy atom. The quantitative estimate of drug-likeness (QED) is 0.281. The number of allylic oxidation sites excluding steroid dienone is 1. The van der Waals surface area contributed by atoms with Gasteiger partial charge in [-0.15, -0.1) is 0 Å². The molecule has 1 rings (SSSR count). The Kier molecular flexibility index (Phi) is 11.2. The Bertz CT molecular complexity index is 537. The van der Waals surface area contributed by atoms with Crippen LogP contribution >= 0.6 is 0 Å². The Morgan fingerprint density at radius 2 is 1.84 bits per heavy atom. The highest BCUT2D eigenvalue weighted by molar-refractivity contribution is 5.88. The minimum absolute atomic E-state index is 0.136. The standard InChI is InChI=1S/C21H31NO3/c1-3-4-5-6-7-8-13-19(14-11-12-18(2)23)21(24)25-17-20-15-9-10-16-22-20/h9-10,14-16H,3-8,11-13,17H2,1-2H3/b19-14+. The lowest BCUT2D eigenvalue weighted by atomic mass is 10.0. The first-order chi connectivity index (χ1) is 12.1. The molecule has 1 heterocycles. The molecule has 0 fully saturated rings. The van der Waals surface area contributed by atoms with E-state index in [1.54, 1.807) is 13.1 Å². The molecule has 1 aromatic heterocycles. The molecular formula is C21H31NO3. The number of carbonyl (C=O) groups excluding carboxylic acids is 2. The van der Waals surface area contributed by atoms with E-state index in [2.05, 4.69) is 11.9 Å². The first-order valence-electron chi connectivity index (χ1n) is 9.39. The lowest BCUT2D eigenvalue weighted by Crippen LogP contribution is -2.09. The molecule has 0 saturated heterocycles. The molecule has 0 aliphatic heterocycles. The fraction of sp³-hybridized carbons (Fsp3) is 0.571. The number of ether oxygens (including phenoxy) is 1. The van der Waals surface area contributed by atoms with Crippen LogP contribution in [0.5, 0.6) is 0 Å². The van der Waals surface area contributed by atoms with Gasteiger partial charge >= 0.3 is 5.97 Å². The zero-order valence-corrected chi connectivity index (χ0v) is 15.6. The van der Waals surface area contributed by atoms with E-state index in [0.29, 0.717) is 24.8 Å². The molecule has 4 heteroatoms. The predicted molar refractivity (Wildman–Crippen MR) is 100 cm³/mol. The highest BCUT2D eigenvalue weighted by atomic mass is 16.5. The van der Waals surface area contributed by atoms with Crippen molar-refractivity contribution < 1.29 is 14.3 Å². The van der Waals surface area contributed by atoms with Gasteiger partial charge in [0.1, 0.15) is 12.4 Å². The third kappa shape index (κ3) is 10.5. The number of hydrogen-bond acceptors (Lipinski definition) is 4. The fourth-order valence-electron chi connectivity index (χ4n) is 2.55. The van der Waals surface area contributed by atoms with Crippen molar-refractivity contribution in [3.63, 3.8) is 0 Å². The van der Waals surface area contributed by atoms with Crippen LogP contribution in [0.4, 0.5) is 0 Å². The van der Waals surface area contributed by atoms with Crippen LogP contribution in [0.1, 0.15) is 77.3 Å². The Morgan fingerprint density at radius 3 is 2.52 bits per heavy atom. The molecular weight excluding hydrogens is 314 g/mol. The van der Waals surface area contributed by atoms with Crippen LogP contribution < -0.4 is 0 Å². The average Bonchev–Trinajstić information content (AvgIpc) is 2.61. The summed E-state index contributed by atoms with van der Waals surface area (Å²) in [4.78, 5) is 27.6. The van der Waals surface area contributed by atoms with Crippen molar-refractivity contribution in [1.82, 2.24) is 4.98 Å². The van der Waals surface area contributed by atoms with Crippen molar-refractivity contribution in [2.75, 3.05) is 0 Å². The van der Waals surface area contributed by atoms with Crippen LogP contribution in [0.25, 0.3) is 0 Å². The van der Waals surface area contributed by atoms with Crippen LogP contribution in [-0.4, -0.2) is 16.7 Å². The number of nitrogens with zero attached hydrogens (tertiary/aromatic N) is 1. The summed E-state index contributed by atoms with van der Waals surface area (Å²) in [5, 5.41) is 0. The lowest BCUT2D eigenvalue weighted by Gasteiger charge is -2.09. The number of Topliss-reactive ketones (excluding diaryl/α,β-unsaturated/α-hetero) is 1. The minimum atomic E-state index is -0.289. The van der Waals surface area contributed by atoms with E-state index in [9.17, 15) is 9.59 Å². The van der Waals surface area contributed by atoms with Gasteiger partial charge in [0, 0.05) is 18.2 Å². The van der Waals surface area contributed by atoms with Crippen molar-refractivity contribution in [2.45, 2.75) is 78.2 Å². The Balaban J connectivity index is 2.47. The van der Waals surface area contributed by atoms with Crippen molar-refractivity contribution in [3.05, 3.63) is 41.7 Å². The van der Waals surface area contributed by atoms with Crippen molar-refractivity contribution in [1.29, 1.82) is 0 Å². The van der Waals surface area contributed by atoms with E-state index < -0.39 is 0 Å². The normalized spacial score (nSPS) is 11.4. The molecule has 0 aromatic carbocycles. The van der Waals surface area contributed by atoms with Crippen LogP contribution in [0, 0.1) is 0 Å². The second-order valence-electron chi connectivity index (χ2n) is 6.39. The maximum Gasteiger partial charge on any atom is 0.334 e. The Hall–Kier alpha value is -1.97.